The molecule has 0 amide bonds. The number of hydrogen-bond acceptors (Lipinski definition) is 3. The van der Waals surface area contributed by atoms with E-state index in [0.717, 1.165) is 35.8 Å². The fourth-order valence-electron chi connectivity index (χ4n) is 2.38. The summed E-state index contributed by atoms with van der Waals surface area (Å²) in [4.78, 5) is 0. The summed E-state index contributed by atoms with van der Waals surface area (Å²) in [6.45, 7) is 2.01. The van der Waals surface area contributed by atoms with E-state index in [0.29, 0.717) is 18.1 Å². The molecule has 5 heteroatoms. The first-order chi connectivity index (χ1) is 8.83. The van der Waals surface area contributed by atoms with Crippen LogP contribution in [0.1, 0.15) is 11.6 Å². The Balaban J connectivity index is 1.85. The molecule has 18 heavy (non-hydrogen) atoms. The molecule has 1 saturated heterocycles. The van der Waals surface area contributed by atoms with Crippen molar-refractivity contribution < 1.29 is 9.47 Å². The van der Waals surface area contributed by atoms with Gasteiger partial charge in [-0.25, -0.2) is 0 Å². The van der Waals surface area contributed by atoms with Gasteiger partial charge in [-0.15, -0.1) is 0 Å². The van der Waals surface area contributed by atoms with Crippen LogP contribution in [0.25, 0.3) is 11.3 Å². The van der Waals surface area contributed by atoms with E-state index in [4.69, 9.17) is 17.3 Å². The van der Waals surface area contributed by atoms with Crippen LogP contribution in [0.5, 0.6) is 5.75 Å². The summed E-state index contributed by atoms with van der Waals surface area (Å²) in [5.74, 6) is 0.750. The van der Waals surface area contributed by atoms with Gasteiger partial charge in [-0.05, 0) is 6.07 Å². The Morgan fingerprint density at radius 3 is 3.00 bits per heavy atom. The van der Waals surface area contributed by atoms with Crippen molar-refractivity contribution in [3.8, 4) is 17.0 Å². The number of benzene rings is 1. The number of nitrogens with zero attached hydrogens (tertiary/aromatic N) is 2. The highest BCUT2D eigenvalue weighted by atomic mass is 16.5. The van der Waals surface area contributed by atoms with Crippen molar-refractivity contribution in [3.05, 3.63) is 30.0 Å². The highest BCUT2D eigenvalue weighted by molar-refractivity contribution is 6.35. The van der Waals surface area contributed by atoms with E-state index in [1.165, 1.54) is 0 Å². The summed E-state index contributed by atoms with van der Waals surface area (Å²) in [7, 11) is 5.92. The van der Waals surface area contributed by atoms with E-state index < -0.39 is 0 Å². The monoisotopic (exact) mass is 238 g/mol. The summed E-state index contributed by atoms with van der Waals surface area (Å²) >= 11 is 0. The highest BCUT2D eigenvalue weighted by Gasteiger charge is 2.26. The SMILES string of the molecule is [B]c1cccc2c1OCc1cn(C3COC3)nc1-2. The van der Waals surface area contributed by atoms with E-state index in [2.05, 4.69) is 11.3 Å². The first-order valence-electron chi connectivity index (χ1n) is 6.00. The summed E-state index contributed by atoms with van der Waals surface area (Å²) in [5.41, 5.74) is 3.74. The fourth-order valence-corrected chi connectivity index (χ4v) is 2.38. The minimum Gasteiger partial charge on any atom is -0.489 e. The molecule has 0 bridgehead atoms. The molecule has 2 radical (unpaired) electrons. The normalized spacial score (nSPS) is 17.6. The maximum atomic E-state index is 5.92. The van der Waals surface area contributed by atoms with Crippen LogP contribution in [0.3, 0.4) is 0 Å². The molecule has 0 N–H and O–H groups in total. The van der Waals surface area contributed by atoms with Crippen LogP contribution in [0.4, 0.5) is 0 Å². The third kappa shape index (κ3) is 1.34. The van der Waals surface area contributed by atoms with Crippen molar-refractivity contribution in [2.24, 2.45) is 0 Å². The zero-order valence-electron chi connectivity index (χ0n) is 9.80. The van der Waals surface area contributed by atoms with Crippen molar-refractivity contribution in [2.75, 3.05) is 13.2 Å². The molecule has 0 saturated carbocycles. The molecule has 0 unspecified atom stereocenters. The van der Waals surface area contributed by atoms with Crippen molar-refractivity contribution >= 4 is 13.3 Å². The molecular formula is C13H11BN2O2. The lowest BCUT2D eigenvalue weighted by atomic mass is 9.90. The summed E-state index contributed by atoms with van der Waals surface area (Å²) < 4.78 is 12.9. The second-order valence-electron chi connectivity index (χ2n) is 4.69. The Morgan fingerprint density at radius 1 is 1.33 bits per heavy atom. The van der Waals surface area contributed by atoms with Crippen molar-refractivity contribution in [3.63, 3.8) is 0 Å². The summed E-state index contributed by atoms with van der Waals surface area (Å²) in [5, 5.41) is 4.66. The summed E-state index contributed by atoms with van der Waals surface area (Å²) in [6, 6.07) is 6.14. The van der Waals surface area contributed by atoms with Crippen LogP contribution in [-0.4, -0.2) is 30.8 Å². The number of para-hydroxylation sites is 1. The molecule has 2 aromatic rings. The second-order valence-corrected chi connectivity index (χ2v) is 4.69. The van der Waals surface area contributed by atoms with Gasteiger partial charge in [-0.1, -0.05) is 17.6 Å². The number of aromatic nitrogens is 2. The molecule has 4 nitrogen and oxygen atoms in total. The van der Waals surface area contributed by atoms with Crippen molar-refractivity contribution in [1.29, 1.82) is 0 Å². The third-order valence-electron chi connectivity index (χ3n) is 3.47. The Kier molecular flexibility index (Phi) is 2.05. The van der Waals surface area contributed by atoms with Crippen LogP contribution >= 0.6 is 0 Å². The molecule has 2 aliphatic heterocycles. The first-order valence-corrected chi connectivity index (χ1v) is 6.00. The second kappa shape index (κ2) is 3.62. The van der Waals surface area contributed by atoms with Gasteiger partial charge in [-0.2, -0.15) is 5.10 Å². The Morgan fingerprint density at radius 2 is 2.22 bits per heavy atom. The molecule has 2 aliphatic rings. The van der Waals surface area contributed by atoms with Gasteiger partial charge in [-0.3, -0.25) is 4.68 Å². The molecule has 4 rings (SSSR count). The lowest BCUT2D eigenvalue weighted by Crippen LogP contribution is -2.30. The summed E-state index contributed by atoms with van der Waals surface area (Å²) in [6.07, 6.45) is 2.05. The predicted octanol–water partition coefficient (Wildman–Crippen LogP) is 0.808. The van der Waals surface area contributed by atoms with Crippen molar-refractivity contribution in [2.45, 2.75) is 12.6 Å². The van der Waals surface area contributed by atoms with Gasteiger partial charge in [0.1, 0.15) is 25.9 Å². The molecule has 1 aromatic carbocycles. The zero-order chi connectivity index (χ0) is 12.1. The standard InChI is InChI=1S/C13H11BN2O2/c14-11-3-1-2-10-12-8(5-18-13(10)11)4-16(15-12)9-6-17-7-9/h1-4,9H,5-7H2. The molecule has 88 valence electrons. The fraction of sp³-hybridized carbons (Fsp3) is 0.308. The van der Waals surface area contributed by atoms with Gasteiger partial charge in [0, 0.05) is 17.3 Å². The molecule has 0 atom stereocenters. The van der Waals surface area contributed by atoms with Crippen LogP contribution in [0.2, 0.25) is 0 Å². The maximum Gasteiger partial charge on any atom is 0.122 e. The molecule has 0 aliphatic carbocycles. The Labute approximate surface area is 106 Å². The molecule has 1 fully saturated rings. The van der Waals surface area contributed by atoms with Crippen LogP contribution in [0.15, 0.2) is 24.4 Å². The largest absolute Gasteiger partial charge is 0.489 e. The highest BCUT2D eigenvalue weighted by Crippen LogP contribution is 2.35. The quantitative estimate of drug-likeness (QED) is 0.689. The molecule has 3 heterocycles. The Bertz CT molecular complexity index is 619. The predicted molar refractivity (Wildman–Crippen MR) is 67.2 cm³/mol. The van der Waals surface area contributed by atoms with Gasteiger partial charge >= 0.3 is 0 Å². The topological polar surface area (TPSA) is 36.3 Å². The van der Waals surface area contributed by atoms with E-state index in [1.54, 1.807) is 0 Å². The van der Waals surface area contributed by atoms with Crippen molar-refractivity contribution in [1.82, 2.24) is 9.78 Å². The van der Waals surface area contributed by atoms with E-state index in [9.17, 15) is 0 Å². The third-order valence-corrected chi connectivity index (χ3v) is 3.47. The Hall–Kier alpha value is -1.75. The van der Waals surface area contributed by atoms with E-state index in [-0.39, 0.29) is 0 Å². The minimum atomic E-state index is 0.361. The maximum absolute atomic E-state index is 5.92. The lowest BCUT2D eigenvalue weighted by molar-refractivity contribution is -0.0285. The zero-order valence-corrected chi connectivity index (χ0v) is 9.80. The number of fused-ring (bicyclic) bond motifs is 3. The molecular weight excluding hydrogens is 227 g/mol. The van der Waals surface area contributed by atoms with Crippen LogP contribution < -0.4 is 10.2 Å². The minimum absolute atomic E-state index is 0.361. The van der Waals surface area contributed by atoms with Gasteiger partial charge in [0.15, 0.2) is 0 Å². The number of hydrogen-bond donors (Lipinski definition) is 0. The van der Waals surface area contributed by atoms with E-state index in [1.807, 2.05) is 22.9 Å². The van der Waals surface area contributed by atoms with E-state index >= 15 is 0 Å². The smallest absolute Gasteiger partial charge is 0.122 e. The van der Waals surface area contributed by atoms with Gasteiger partial charge in [0.25, 0.3) is 0 Å². The van der Waals surface area contributed by atoms with Gasteiger partial charge in [0.05, 0.1) is 19.3 Å². The molecule has 1 aromatic heterocycles. The van der Waals surface area contributed by atoms with Crippen LogP contribution in [-0.2, 0) is 11.3 Å². The first kappa shape index (κ1) is 10.2. The molecule has 0 spiro atoms. The lowest BCUT2D eigenvalue weighted by Gasteiger charge is -2.25. The van der Waals surface area contributed by atoms with Gasteiger partial charge in [0.2, 0.25) is 0 Å². The number of ether oxygens (including phenoxy) is 2. The van der Waals surface area contributed by atoms with Gasteiger partial charge < -0.3 is 9.47 Å². The average molecular weight is 238 g/mol. The van der Waals surface area contributed by atoms with Crippen LogP contribution in [0, 0.1) is 0 Å². The number of rotatable bonds is 1. The average Bonchev–Trinajstić information content (AvgIpc) is 2.70.